The molecule has 1 aromatic carbocycles. The van der Waals surface area contributed by atoms with Crippen molar-refractivity contribution in [2.45, 2.75) is 43.9 Å². The van der Waals surface area contributed by atoms with Crippen molar-refractivity contribution in [3.63, 3.8) is 0 Å². The molecular formula is C15H18BrNO2. The maximum Gasteiger partial charge on any atom is 0.417 e. The molecule has 0 bridgehead atoms. The zero-order chi connectivity index (χ0) is 13.5. The van der Waals surface area contributed by atoms with Crippen molar-refractivity contribution in [1.29, 1.82) is 0 Å². The summed E-state index contributed by atoms with van der Waals surface area (Å²) >= 11 is 3.89. The molecule has 1 heterocycles. The van der Waals surface area contributed by atoms with Gasteiger partial charge in [0.15, 0.2) is 5.58 Å². The van der Waals surface area contributed by atoms with Crippen molar-refractivity contribution < 1.29 is 4.42 Å². The first kappa shape index (κ1) is 13.0. The molecule has 1 fully saturated rings. The molecule has 3 rings (SSSR count). The smallest absolute Gasteiger partial charge is 0.408 e. The van der Waals surface area contributed by atoms with E-state index in [4.69, 9.17) is 4.42 Å². The van der Waals surface area contributed by atoms with Gasteiger partial charge in [0.05, 0.1) is 5.52 Å². The zero-order valence-corrected chi connectivity index (χ0v) is 12.6. The van der Waals surface area contributed by atoms with Gasteiger partial charge in [-0.15, -0.1) is 0 Å². The Hall–Kier alpha value is -1.03. The maximum absolute atomic E-state index is 11.2. The number of hydrogen-bond donors (Lipinski definition) is 1. The Kier molecular flexibility index (Phi) is 3.29. The Labute approximate surface area is 120 Å². The molecule has 2 aromatic rings. The van der Waals surface area contributed by atoms with Crippen LogP contribution in [0.3, 0.4) is 0 Å². The highest BCUT2D eigenvalue weighted by Gasteiger charge is 2.39. The van der Waals surface area contributed by atoms with Gasteiger partial charge in [-0.3, -0.25) is 4.98 Å². The van der Waals surface area contributed by atoms with Gasteiger partial charge in [0.2, 0.25) is 0 Å². The summed E-state index contributed by atoms with van der Waals surface area (Å²) in [5.41, 5.74) is 2.98. The molecule has 0 amide bonds. The quantitative estimate of drug-likeness (QED) is 0.843. The van der Waals surface area contributed by atoms with Gasteiger partial charge in [0.25, 0.3) is 0 Å². The van der Waals surface area contributed by atoms with Crippen LogP contribution < -0.4 is 5.76 Å². The lowest BCUT2D eigenvalue weighted by Gasteiger charge is -2.33. The fourth-order valence-corrected chi connectivity index (χ4v) is 4.40. The van der Waals surface area contributed by atoms with Gasteiger partial charge in [0, 0.05) is 4.83 Å². The normalized spacial score (nSPS) is 19.9. The largest absolute Gasteiger partial charge is 0.417 e. The second-order valence-electron chi connectivity index (χ2n) is 5.56. The van der Waals surface area contributed by atoms with Crippen molar-refractivity contribution in [2.75, 3.05) is 0 Å². The fraction of sp³-hybridized carbons (Fsp3) is 0.533. The number of oxazole rings is 1. The SMILES string of the molecule is CCC1(C(Br)c2ccc3[nH]c(=O)oc3c2)CCCC1. The minimum atomic E-state index is -0.385. The van der Waals surface area contributed by atoms with Crippen LogP contribution in [0.15, 0.2) is 27.4 Å². The molecule has 1 N–H and O–H groups in total. The molecule has 102 valence electrons. The third-order valence-electron chi connectivity index (χ3n) is 4.58. The van der Waals surface area contributed by atoms with Crippen molar-refractivity contribution in [2.24, 2.45) is 5.41 Å². The highest BCUT2D eigenvalue weighted by Crippen LogP contribution is 2.54. The number of fused-ring (bicyclic) bond motifs is 1. The summed E-state index contributed by atoms with van der Waals surface area (Å²) in [6.07, 6.45) is 6.36. The van der Waals surface area contributed by atoms with E-state index in [1.54, 1.807) is 0 Å². The number of nitrogens with one attached hydrogen (secondary N) is 1. The van der Waals surface area contributed by atoms with Gasteiger partial charge < -0.3 is 4.42 Å². The van der Waals surface area contributed by atoms with E-state index in [9.17, 15) is 4.79 Å². The third-order valence-corrected chi connectivity index (χ3v) is 6.08. The monoisotopic (exact) mass is 323 g/mol. The van der Waals surface area contributed by atoms with Gasteiger partial charge in [-0.25, -0.2) is 4.79 Å². The number of alkyl halides is 1. The molecule has 19 heavy (non-hydrogen) atoms. The number of H-pyrrole nitrogens is 1. The molecule has 1 aliphatic rings. The Morgan fingerprint density at radius 3 is 2.84 bits per heavy atom. The lowest BCUT2D eigenvalue weighted by atomic mass is 9.77. The predicted molar refractivity (Wildman–Crippen MR) is 79.7 cm³/mol. The average molecular weight is 324 g/mol. The highest BCUT2D eigenvalue weighted by molar-refractivity contribution is 9.09. The van der Waals surface area contributed by atoms with E-state index in [-0.39, 0.29) is 5.76 Å². The summed E-state index contributed by atoms with van der Waals surface area (Å²) in [5, 5.41) is 0. The number of aromatic amines is 1. The second kappa shape index (κ2) is 4.82. The van der Waals surface area contributed by atoms with E-state index < -0.39 is 0 Å². The summed E-state index contributed by atoms with van der Waals surface area (Å²) in [6.45, 7) is 2.27. The second-order valence-corrected chi connectivity index (χ2v) is 6.47. The van der Waals surface area contributed by atoms with E-state index in [0.29, 0.717) is 15.8 Å². The first-order valence-corrected chi connectivity index (χ1v) is 7.83. The van der Waals surface area contributed by atoms with Crippen molar-refractivity contribution in [3.8, 4) is 0 Å². The first-order valence-electron chi connectivity index (χ1n) is 6.91. The minimum absolute atomic E-state index is 0.331. The molecule has 1 saturated carbocycles. The Balaban J connectivity index is 2.00. The maximum atomic E-state index is 11.2. The number of aromatic nitrogens is 1. The van der Waals surface area contributed by atoms with Gasteiger partial charge in [0.1, 0.15) is 0 Å². The van der Waals surface area contributed by atoms with E-state index >= 15 is 0 Å². The Morgan fingerprint density at radius 1 is 1.42 bits per heavy atom. The highest BCUT2D eigenvalue weighted by atomic mass is 79.9. The molecule has 1 unspecified atom stereocenters. The molecule has 0 saturated heterocycles. The van der Waals surface area contributed by atoms with Crippen molar-refractivity contribution >= 4 is 27.0 Å². The van der Waals surface area contributed by atoms with Gasteiger partial charge in [-0.2, -0.15) is 0 Å². The third kappa shape index (κ3) is 2.16. The molecule has 1 aliphatic carbocycles. The van der Waals surface area contributed by atoms with Crippen LogP contribution in [0.4, 0.5) is 0 Å². The lowest BCUT2D eigenvalue weighted by molar-refractivity contribution is 0.279. The van der Waals surface area contributed by atoms with Crippen LogP contribution in [0.2, 0.25) is 0 Å². The summed E-state index contributed by atoms with van der Waals surface area (Å²) in [6, 6.07) is 6.01. The number of rotatable bonds is 3. The van der Waals surface area contributed by atoms with Crippen LogP contribution >= 0.6 is 15.9 Å². The van der Waals surface area contributed by atoms with E-state index in [1.807, 2.05) is 12.1 Å². The van der Waals surface area contributed by atoms with E-state index in [0.717, 1.165) is 5.52 Å². The summed E-state index contributed by atoms with van der Waals surface area (Å²) in [4.78, 5) is 14.2. The standard InChI is InChI=1S/C15H18BrNO2/c1-2-15(7-3-4-8-15)13(16)10-5-6-11-12(9-10)19-14(18)17-11/h5-6,9,13H,2-4,7-8H2,1H3,(H,17,18). The molecule has 4 heteroatoms. The Bertz CT molecular complexity index is 637. The molecular weight excluding hydrogens is 306 g/mol. The van der Waals surface area contributed by atoms with Crippen molar-refractivity contribution in [1.82, 2.24) is 4.98 Å². The van der Waals surface area contributed by atoms with Crippen LogP contribution in [0.25, 0.3) is 11.1 Å². The van der Waals surface area contributed by atoms with Gasteiger partial charge >= 0.3 is 5.76 Å². The Morgan fingerprint density at radius 2 is 2.16 bits per heavy atom. The molecule has 1 aromatic heterocycles. The van der Waals surface area contributed by atoms with E-state index in [1.165, 1.54) is 37.7 Å². The first-order chi connectivity index (χ1) is 9.14. The molecule has 3 nitrogen and oxygen atoms in total. The zero-order valence-electron chi connectivity index (χ0n) is 11.0. The summed E-state index contributed by atoms with van der Waals surface area (Å²) in [7, 11) is 0. The van der Waals surface area contributed by atoms with Crippen LogP contribution in [0, 0.1) is 5.41 Å². The predicted octanol–water partition coefficient (Wildman–Crippen LogP) is 4.53. The van der Waals surface area contributed by atoms with Gasteiger partial charge in [-0.05, 0) is 42.4 Å². The molecule has 0 spiro atoms. The number of halogens is 1. The summed E-state index contributed by atoms with van der Waals surface area (Å²) in [5.74, 6) is -0.385. The lowest BCUT2D eigenvalue weighted by Crippen LogP contribution is -2.21. The molecule has 0 radical (unpaired) electrons. The fourth-order valence-electron chi connectivity index (χ4n) is 3.34. The van der Waals surface area contributed by atoms with E-state index in [2.05, 4.69) is 33.9 Å². The minimum Gasteiger partial charge on any atom is -0.408 e. The van der Waals surface area contributed by atoms with Gasteiger partial charge in [-0.1, -0.05) is 41.8 Å². The van der Waals surface area contributed by atoms with Crippen LogP contribution in [-0.4, -0.2) is 4.98 Å². The molecule has 1 atom stereocenters. The van der Waals surface area contributed by atoms with Crippen LogP contribution in [0.1, 0.15) is 49.4 Å². The average Bonchev–Trinajstić information content (AvgIpc) is 3.02. The number of hydrogen-bond acceptors (Lipinski definition) is 2. The topological polar surface area (TPSA) is 46.0 Å². The van der Waals surface area contributed by atoms with Crippen LogP contribution in [0.5, 0.6) is 0 Å². The van der Waals surface area contributed by atoms with Crippen molar-refractivity contribution in [3.05, 3.63) is 34.3 Å². The van der Waals surface area contributed by atoms with Crippen LogP contribution in [-0.2, 0) is 0 Å². The number of benzene rings is 1. The summed E-state index contributed by atoms with van der Waals surface area (Å²) < 4.78 is 5.16. The molecule has 0 aliphatic heterocycles.